The van der Waals surface area contributed by atoms with E-state index in [9.17, 15) is 4.79 Å². The van der Waals surface area contributed by atoms with Gasteiger partial charge in [-0.05, 0) is 24.3 Å². The molecule has 6 nitrogen and oxygen atoms in total. The van der Waals surface area contributed by atoms with Crippen LogP contribution in [0.15, 0.2) is 36.7 Å². The molecule has 0 atom stereocenters. The molecule has 1 aliphatic rings. The maximum Gasteiger partial charge on any atom is 0.260 e. The highest BCUT2D eigenvalue weighted by Crippen LogP contribution is 2.20. The number of aromatic nitrogens is 3. The van der Waals surface area contributed by atoms with E-state index in [1.807, 2.05) is 0 Å². The summed E-state index contributed by atoms with van der Waals surface area (Å²) in [5, 5.41) is 8.31. The van der Waals surface area contributed by atoms with Gasteiger partial charge in [0.15, 0.2) is 6.61 Å². The molecule has 2 heterocycles. The lowest BCUT2D eigenvalue weighted by atomic mass is 10.1. The third-order valence-corrected chi connectivity index (χ3v) is 3.46. The summed E-state index contributed by atoms with van der Waals surface area (Å²) >= 11 is 5.78. The molecule has 7 heteroatoms. The van der Waals surface area contributed by atoms with E-state index in [0.29, 0.717) is 23.9 Å². The second-order valence-corrected chi connectivity index (χ2v) is 5.01. The van der Waals surface area contributed by atoms with E-state index in [1.165, 1.54) is 0 Å². The molecule has 0 saturated carbocycles. The second-order valence-electron chi connectivity index (χ2n) is 4.58. The van der Waals surface area contributed by atoms with Gasteiger partial charge in [-0.1, -0.05) is 16.8 Å². The molecule has 20 heavy (non-hydrogen) atoms. The van der Waals surface area contributed by atoms with E-state index in [4.69, 9.17) is 16.3 Å². The summed E-state index contributed by atoms with van der Waals surface area (Å²) in [6, 6.07) is 7.16. The molecule has 2 aromatic rings. The fraction of sp³-hybridized carbons (Fsp3) is 0.308. The topological polar surface area (TPSA) is 60.2 Å². The summed E-state index contributed by atoms with van der Waals surface area (Å²) in [5.41, 5.74) is 0. The molecule has 1 aliphatic heterocycles. The molecule has 0 bridgehead atoms. The van der Waals surface area contributed by atoms with Crippen molar-refractivity contribution in [3.05, 3.63) is 41.7 Å². The van der Waals surface area contributed by atoms with Gasteiger partial charge in [0, 0.05) is 24.3 Å². The standard InChI is InChI=1S/C13H13ClN4O2/c14-10-1-3-12(4-2-10)20-9-13(19)17-7-11(8-17)18-6-5-15-16-18/h1-6,11H,7-9H2. The molecule has 0 spiro atoms. The molecule has 1 aromatic carbocycles. The van der Waals surface area contributed by atoms with Crippen LogP contribution in [0.4, 0.5) is 0 Å². The molecule has 104 valence electrons. The molecule has 3 rings (SSSR count). The van der Waals surface area contributed by atoms with Gasteiger partial charge in [0.25, 0.3) is 5.91 Å². The highest BCUT2D eigenvalue weighted by atomic mass is 35.5. The first-order valence-electron chi connectivity index (χ1n) is 6.24. The van der Waals surface area contributed by atoms with Crippen LogP contribution in [0.5, 0.6) is 5.75 Å². The average molecular weight is 293 g/mol. The Hall–Kier alpha value is -2.08. The maximum atomic E-state index is 11.9. The van der Waals surface area contributed by atoms with Gasteiger partial charge in [-0.15, -0.1) is 5.10 Å². The molecular weight excluding hydrogens is 280 g/mol. The lowest BCUT2D eigenvalue weighted by Gasteiger charge is -2.38. The zero-order valence-corrected chi connectivity index (χ0v) is 11.4. The molecule has 1 saturated heterocycles. The Labute approximate surface area is 120 Å². The van der Waals surface area contributed by atoms with Gasteiger partial charge in [0.05, 0.1) is 12.2 Å². The van der Waals surface area contributed by atoms with Gasteiger partial charge in [-0.2, -0.15) is 0 Å². The number of nitrogens with zero attached hydrogens (tertiary/aromatic N) is 4. The normalized spacial score (nSPS) is 14.9. The Balaban J connectivity index is 1.46. The van der Waals surface area contributed by atoms with Crippen molar-refractivity contribution in [3.63, 3.8) is 0 Å². The lowest BCUT2D eigenvalue weighted by Crippen LogP contribution is -2.52. The number of hydrogen-bond acceptors (Lipinski definition) is 4. The minimum Gasteiger partial charge on any atom is -0.484 e. The van der Waals surface area contributed by atoms with Crippen LogP contribution in [0.1, 0.15) is 6.04 Å². The van der Waals surface area contributed by atoms with Gasteiger partial charge < -0.3 is 9.64 Å². The quantitative estimate of drug-likeness (QED) is 0.854. The van der Waals surface area contributed by atoms with Crippen LogP contribution in [0, 0.1) is 0 Å². The Bertz CT molecular complexity index is 579. The van der Waals surface area contributed by atoms with E-state index in [0.717, 1.165) is 0 Å². The van der Waals surface area contributed by atoms with Gasteiger partial charge in [0.1, 0.15) is 5.75 Å². The van der Waals surface area contributed by atoms with Crippen molar-refractivity contribution in [1.29, 1.82) is 0 Å². The monoisotopic (exact) mass is 292 g/mol. The molecular formula is C13H13ClN4O2. The van der Waals surface area contributed by atoms with Crippen LogP contribution in [-0.4, -0.2) is 45.5 Å². The number of benzene rings is 1. The molecule has 0 unspecified atom stereocenters. The Morgan fingerprint density at radius 2 is 2.10 bits per heavy atom. The smallest absolute Gasteiger partial charge is 0.260 e. The van der Waals surface area contributed by atoms with Gasteiger partial charge in [-0.25, -0.2) is 4.68 Å². The summed E-state index contributed by atoms with van der Waals surface area (Å²) in [6.45, 7) is 1.32. The van der Waals surface area contributed by atoms with Crippen LogP contribution in [-0.2, 0) is 4.79 Å². The lowest BCUT2D eigenvalue weighted by molar-refractivity contribution is -0.139. The Morgan fingerprint density at radius 3 is 2.75 bits per heavy atom. The highest BCUT2D eigenvalue weighted by Gasteiger charge is 2.32. The van der Waals surface area contributed by atoms with Crippen molar-refractivity contribution in [1.82, 2.24) is 19.9 Å². The Morgan fingerprint density at radius 1 is 1.35 bits per heavy atom. The van der Waals surface area contributed by atoms with Crippen LogP contribution >= 0.6 is 11.6 Å². The van der Waals surface area contributed by atoms with Crippen molar-refractivity contribution in [2.75, 3.05) is 19.7 Å². The fourth-order valence-corrected chi connectivity index (χ4v) is 2.13. The molecule has 1 fully saturated rings. The van der Waals surface area contributed by atoms with E-state index in [-0.39, 0.29) is 18.6 Å². The highest BCUT2D eigenvalue weighted by molar-refractivity contribution is 6.30. The predicted molar refractivity (Wildman–Crippen MR) is 72.6 cm³/mol. The molecule has 0 radical (unpaired) electrons. The van der Waals surface area contributed by atoms with Crippen molar-refractivity contribution in [2.24, 2.45) is 0 Å². The van der Waals surface area contributed by atoms with Crippen LogP contribution in [0.3, 0.4) is 0 Å². The number of rotatable bonds is 4. The number of hydrogen-bond donors (Lipinski definition) is 0. The van der Waals surface area contributed by atoms with Gasteiger partial charge >= 0.3 is 0 Å². The number of ether oxygens (including phenoxy) is 1. The molecule has 1 amide bonds. The predicted octanol–water partition coefficient (Wildman–Crippen LogP) is 1.39. The average Bonchev–Trinajstić information content (AvgIpc) is 2.90. The third-order valence-electron chi connectivity index (χ3n) is 3.21. The van der Waals surface area contributed by atoms with Crippen LogP contribution < -0.4 is 4.74 Å². The minimum absolute atomic E-state index is 0.0312. The number of likely N-dealkylation sites (tertiary alicyclic amines) is 1. The van der Waals surface area contributed by atoms with Crippen molar-refractivity contribution < 1.29 is 9.53 Å². The van der Waals surface area contributed by atoms with Crippen molar-refractivity contribution in [2.45, 2.75) is 6.04 Å². The summed E-state index contributed by atoms with van der Waals surface area (Å²) in [4.78, 5) is 13.6. The number of amides is 1. The zero-order chi connectivity index (χ0) is 13.9. The molecule has 0 aliphatic carbocycles. The van der Waals surface area contributed by atoms with Crippen molar-refractivity contribution >= 4 is 17.5 Å². The van der Waals surface area contributed by atoms with Crippen LogP contribution in [0.2, 0.25) is 5.02 Å². The third kappa shape index (κ3) is 2.75. The fourth-order valence-electron chi connectivity index (χ4n) is 2.01. The number of carbonyl (C=O) groups excluding carboxylic acids is 1. The first kappa shape index (κ1) is 12.9. The summed E-state index contributed by atoms with van der Waals surface area (Å²) in [6.07, 6.45) is 3.44. The summed E-state index contributed by atoms with van der Waals surface area (Å²) in [5.74, 6) is 0.604. The van der Waals surface area contributed by atoms with E-state index >= 15 is 0 Å². The van der Waals surface area contributed by atoms with Crippen LogP contribution in [0.25, 0.3) is 0 Å². The Kier molecular flexibility index (Phi) is 3.56. The first-order valence-corrected chi connectivity index (χ1v) is 6.62. The molecule has 1 aromatic heterocycles. The first-order chi connectivity index (χ1) is 9.72. The zero-order valence-electron chi connectivity index (χ0n) is 10.6. The van der Waals surface area contributed by atoms with E-state index in [1.54, 1.807) is 46.2 Å². The number of halogens is 1. The SMILES string of the molecule is O=C(COc1ccc(Cl)cc1)N1CC(n2ccnn2)C1. The van der Waals surface area contributed by atoms with E-state index < -0.39 is 0 Å². The summed E-state index contributed by atoms with van der Waals surface area (Å²) in [7, 11) is 0. The van der Waals surface area contributed by atoms with Crippen molar-refractivity contribution in [3.8, 4) is 5.75 Å². The van der Waals surface area contributed by atoms with Gasteiger partial charge in [-0.3, -0.25) is 4.79 Å². The maximum absolute atomic E-state index is 11.9. The number of carbonyl (C=O) groups is 1. The van der Waals surface area contributed by atoms with E-state index in [2.05, 4.69) is 10.3 Å². The largest absolute Gasteiger partial charge is 0.484 e. The minimum atomic E-state index is -0.0312. The summed E-state index contributed by atoms with van der Waals surface area (Å²) < 4.78 is 7.19. The van der Waals surface area contributed by atoms with Gasteiger partial charge in [0.2, 0.25) is 0 Å². The second kappa shape index (κ2) is 5.50. The molecule has 0 N–H and O–H groups in total.